The molecule has 0 saturated heterocycles. The summed E-state index contributed by atoms with van der Waals surface area (Å²) in [5.74, 6) is 0. The summed E-state index contributed by atoms with van der Waals surface area (Å²) in [6.07, 6.45) is -0.0364. The highest BCUT2D eigenvalue weighted by Crippen LogP contribution is 2.16. The number of benzene rings is 1. The fourth-order valence-electron chi connectivity index (χ4n) is 1.27. The molecule has 98 valence electrons. The van der Waals surface area contributed by atoms with Crippen LogP contribution in [0.1, 0.15) is 13.3 Å². The minimum atomic E-state index is -0.531. The van der Waals surface area contributed by atoms with Crippen molar-refractivity contribution in [3.05, 3.63) is 34.4 Å². The van der Waals surface area contributed by atoms with Gasteiger partial charge in [0.2, 0.25) is 0 Å². The molecule has 0 spiro atoms. The molecule has 18 heavy (non-hydrogen) atoms. The number of nitro benzene ring substituents is 1. The molecule has 0 aliphatic heterocycles. The van der Waals surface area contributed by atoms with Crippen molar-refractivity contribution in [3.8, 4) is 0 Å². The topological polar surface area (TPSA) is 104 Å². The maximum absolute atomic E-state index is 11.4. The third-order valence-corrected chi connectivity index (χ3v) is 2.16. The fraction of sp³-hybridized carbons (Fsp3) is 0.364. The minimum Gasteiger partial charge on any atom is -0.393 e. The second-order valence-electron chi connectivity index (χ2n) is 3.83. The summed E-state index contributed by atoms with van der Waals surface area (Å²) in [5, 5.41) is 24.5. The molecule has 1 rings (SSSR count). The highest BCUT2D eigenvalue weighted by molar-refractivity contribution is 5.89. The van der Waals surface area contributed by atoms with Crippen LogP contribution in [0, 0.1) is 10.1 Å². The van der Waals surface area contributed by atoms with Crippen molar-refractivity contribution in [2.75, 3.05) is 11.9 Å². The largest absolute Gasteiger partial charge is 0.393 e. The van der Waals surface area contributed by atoms with Crippen LogP contribution in [0.4, 0.5) is 16.2 Å². The molecule has 7 nitrogen and oxygen atoms in total. The molecule has 3 N–H and O–H groups in total. The number of nitro groups is 1. The zero-order chi connectivity index (χ0) is 13.5. The first-order valence-corrected chi connectivity index (χ1v) is 5.46. The summed E-state index contributed by atoms with van der Waals surface area (Å²) in [5.41, 5.74) is 0.260. The minimum absolute atomic E-state index is 0.0863. The number of non-ortho nitro benzene ring substituents is 1. The third-order valence-electron chi connectivity index (χ3n) is 2.16. The number of rotatable bonds is 5. The molecule has 0 heterocycles. The van der Waals surface area contributed by atoms with Gasteiger partial charge in [0.05, 0.1) is 11.0 Å². The molecule has 0 radical (unpaired) electrons. The number of nitrogens with zero attached hydrogens (tertiary/aromatic N) is 1. The van der Waals surface area contributed by atoms with Gasteiger partial charge in [0, 0.05) is 24.4 Å². The molecule has 0 fully saturated rings. The van der Waals surface area contributed by atoms with E-state index >= 15 is 0 Å². The molecule has 1 atom stereocenters. The summed E-state index contributed by atoms with van der Waals surface area (Å²) in [4.78, 5) is 21.4. The van der Waals surface area contributed by atoms with E-state index in [-0.39, 0.29) is 5.69 Å². The van der Waals surface area contributed by atoms with E-state index in [9.17, 15) is 14.9 Å². The molecular weight excluding hydrogens is 238 g/mol. The van der Waals surface area contributed by atoms with E-state index in [1.54, 1.807) is 13.0 Å². The maximum atomic E-state index is 11.4. The summed E-state index contributed by atoms with van der Waals surface area (Å²) in [6.45, 7) is 1.96. The molecule has 0 bridgehead atoms. The summed E-state index contributed by atoms with van der Waals surface area (Å²) < 4.78 is 0. The number of aliphatic hydroxyl groups excluding tert-OH is 1. The Morgan fingerprint density at radius 3 is 2.89 bits per heavy atom. The van der Waals surface area contributed by atoms with Crippen molar-refractivity contribution in [1.29, 1.82) is 0 Å². The van der Waals surface area contributed by atoms with Crippen LogP contribution in [0.15, 0.2) is 24.3 Å². The first-order valence-electron chi connectivity index (χ1n) is 5.46. The van der Waals surface area contributed by atoms with E-state index in [4.69, 9.17) is 5.11 Å². The third kappa shape index (κ3) is 4.79. The SMILES string of the molecule is CC(O)CCNC(=O)Nc1cccc([N+](=O)[O-])c1. The van der Waals surface area contributed by atoms with Crippen molar-refractivity contribution in [2.24, 2.45) is 0 Å². The number of nitrogens with one attached hydrogen (secondary N) is 2. The number of carbonyl (C=O) groups is 1. The number of hydrogen-bond acceptors (Lipinski definition) is 4. The van der Waals surface area contributed by atoms with E-state index < -0.39 is 17.1 Å². The van der Waals surface area contributed by atoms with Gasteiger partial charge in [-0.1, -0.05) is 6.07 Å². The lowest BCUT2D eigenvalue weighted by Crippen LogP contribution is -2.30. The molecule has 1 aromatic carbocycles. The lowest BCUT2D eigenvalue weighted by Gasteiger charge is -2.08. The van der Waals surface area contributed by atoms with Gasteiger partial charge >= 0.3 is 6.03 Å². The molecule has 1 unspecified atom stereocenters. The van der Waals surface area contributed by atoms with Gasteiger partial charge in [-0.2, -0.15) is 0 Å². The smallest absolute Gasteiger partial charge is 0.319 e. The molecule has 0 aromatic heterocycles. The van der Waals surface area contributed by atoms with Gasteiger partial charge in [-0.3, -0.25) is 10.1 Å². The van der Waals surface area contributed by atoms with Gasteiger partial charge in [-0.25, -0.2) is 4.79 Å². The zero-order valence-electron chi connectivity index (χ0n) is 9.92. The molecular formula is C11H15N3O4. The van der Waals surface area contributed by atoms with Gasteiger partial charge in [0.25, 0.3) is 5.69 Å². The Morgan fingerprint density at radius 2 is 2.28 bits per heavy atom. The van der Waals surface area contributed by atoms with Crippen molar-refractivity contribution in [3.63, 3.8) is 0 Å². The van der Waals surface area contributed by atoms with Crippen LogP contribution in [0.2, 0.25) is 0 Å². The number of aliphatic hydroxyl groups is 1. The van der Waals surface area contributed by atoms with Gasteiger partial charge in [-0.15, -0.1) is 0 Å². The van der Waals surface area contributed by atoms with Gasteiger partial charge in [0.15, 0.2) is 0 Å². The molecule has 0 aliphatic rings. The Bertz CT molecular complexity index is 434. The monoisotopic (exact) mass is 253 g/mol. The first kappa shape index (κ1) is 13.9. The normalized spacial score (nSPS) is 11.7. The molecule has 0 saturated carbocycles. The van der Waals surface area contributed by atoms with E-state index in [0.717, 1.165) is 0 Å². The second kappa shape index (κ2) is 6.55. The number of hydrogen-bond donors (Lipinski definition) is 3. The standard InChI is InChI=1S/C11H15N3O4/c1-8(15)5-6-12-11(16)13-9-3-2-4-10(7-9)14(17)18/h2-4,7-8,15H,5-6H2,1H3,(H2,12,13,16). The predicted molar refractivity (Wildman–Crippen MR) is 66.4 cm³/mol. The average molecular weight is 253 g/mol. The summed E-state index contributed by atoms with van der Waals surface area (Å²) in [7, 11) is 0. The van der Waals surface area contributed by atoms with Gasteiger partial charge in [-0.05, 0) is 19.4 Å². The van der Waals surface area contributed by atoms with Crippen molar-refractivity contribution in [2.45, 2.75) is 19.4 Å². The van der Waals surface area contributed by atoms with Crippen molar-refractivity contribution < 1.29 is 14.8 Å². The van der Waals surface area contributed by atoms with E-state index in [0.29, 0.717) is 18.7 Å². The Hall–Kier alpha value is -2.15. The average Bonchev–Trinajstić information content (AvgIpc) is 2.28. The van der Waals surface area contributed by atoms with Gasteiger partial charge in [0.1, 0.15) is 0 Å². The fourth-order valence-corrected chi connectivity index (χ4v) is 1.27. The lowest BCUT2D eigenvalue weighted by molar-refractivity contribution is -0.384. The van der Waals surface area contributed by atoms with Crippen LogP contribution < -0.4 is 10.6 Å². The van der Waals surface area contributed by atoms with E-state index in [1.165, 1.54) is 18.2 Å². The summed E-state index contributed by atoms with van der Waals surface area (Å²) >= 11 is 0. The highest BCUT2D eigenvalue weighted by Gasteiger charge is 2.07. The molecule has 7 heteroatoms. The highest BCUT2D eigenvalue weighted by atomic mass is 16.6. The van der Waals surface area contributed by atoms with Crippen LogP contribution in [0.3, 0.4) is 0 Å². The van der Waals surface area contributed by atoms with Crippen molar-refractivity contribution >= 4 is 17.4 Å². The predicted octanol–water partition coefficient (Wildman–Crippen LogP) is 1.49. The van der Waals surface area contributed by atoms with Crippen LogP contribution in [-0.2, 0) is 0 Å². The summed E-state index contributed by atoms with van der Waals surface area (Å²) in [6, 6.07) is 5.20. The first-order chi connectivity index (χ1) is 8.49. The van der Waals surface area contributed by atoms with E-state index in [2.05, 4.69) is 10.6 Å². The van der Waals surface area contributed by atoms with Crippen LogP contribution in [0.5, 0.6) is 0 Å². The number of carbonyl (C=O) groups excluding carboxylic acids is 1. The van der Waals surface area contributed by atoms with Crippen LogP contribution in [0.25, 0.3) is 0 Å². The Morgan fingerprint density at radius 1 is 1.56 bits per heavy atom. The Kier molecular flexibility index (Phi) is 5.06. The lowest BCUT2D eigenvalue weighted by atomic mass is 10.3. The zero-order valence-corrected chi connectivity index (χ0v) is 9.92. The Labute approximate surface area is 104 Å². The van der Waals surface area contributed by atoms with Crippen LogP contribution in [-0.4, -0.2) is 28.7 Å². The molecule has 2 amide bonds. The van der Waals surface area contributed by atoms with Crippen LogP contribution >= 0.6 is 0 Å². The number of amides is 2. The Balaban J connectivity index is 2.49. The van der Waals surface area contributed by atoms with Gasteiger partial charge < -0.3 is 15.7 Å². The second-order valence-corrected chi connectivity index (χ2v) is 3.83. The molecule has 0 aliphatic carbocycles. The number of urea groups is 1. The molecule has 1 aromatic rings. The number of anilines is 1. The van der Waals surface area contributed by atoms with Crippen molar-refractivity contribution in [1.82, 2.24) is 5.32 Å². The van der Waals surface area contributed by atoms with E-state index in [1.807, 2.05) is 0 Å². The quantitative estimate of drug-likeness (QED) is 0.546. The maximum Gasteiger partial charge on any atom is 0.319 e.